The predicted octanol–water partition coefficient (Wildman–Crippen LogP) is 3.91. The summed E-state index contributed by atoms with van der Waals surface area (Å²) in [6.45, 7) is 4.05. The summed E-state index contributed by atoms with van der Waals surface area (Å²) in [5.74, 6) is -2.23. The molecule has 1 fully saturated rings. The number of aryl methyl sites for hydroxylation is 1. The van der Waals surface area contributed by atoms with Crippen LogP contribution in [0.4, 0.5) is 13.2 Å². The van der Waals surface area contributed by atoms with E-state index in [1.54, 1.807) is 30.7 Å². The summed E-state index contributed by atoms with van der Waals surface area (Å²) in [7, 11) is -1.73. The average molecular weight is 542 g/mol. The van der Waals surface area contributed by atoms with Gasteiger partial charge in [0, 0.05) is 42.2 Å². The van der Waals surface area contributed by atoms with E-state index in [1.165, 1.54) is 4.88 Å². The molecule has 1 N–H and O–H groups in total. The largest absolute Gasteiger partial charge is 0.490 e. The summed E-state index contributed by atoms with van der Waals surface area (Å²) in [4.78, 5) is 21.4. The molecule has 8 nitrogen and oxygen atoms in total. The van der Waals surface area contributed by atoms with Gasteiger partial charge < -0.3 is 9.84 Å². The number of aromatic nitrogens is 2. The molecular formula is C23H22F3N3O5S2. The van der Waals surface area contributed by atoms with E-state index in [2.05, 4.69) is 14.9 Å². The van der Waals surface area contributed by atoms with Gasteiger partial charge in [-0.2, -0.15) is 13.2 Å². The molecule has 192 valence electrons. The second kappa shape index (κ2) is 9.79. The zero-order valence-electron chi connectivity index (χ0n) is 19.2. The predicted molar refractivity (Wildman–Crippen MR) is 126 cm³/mol. The summed E-state index contributed by atoms with van der Waals surface area (Å²) in [6, 6.07) is 9.43. The highest BCUT2D eigenvalue weighted by Gasteiger charge is 2.50. The fraction of sp³-hybridized carbons (Fsp3) is 0.348. The minimum absolute atomic E-state index is 0.00848. The maximum Gasteiger partial charge on any atom is 0.490 e. The monoisotopic (exact) mass is 541 g/mol. The van der Waals surface area contributed by atoms with E-state index in [4.69, 9.17) is 14.6 Å². The number of likely N-dealkylation sites (tertiary alicyclic amines) is 1. The van der Waals surface area contributed by atoms with Crippen molar-refractivity contribution in [3.8, 4) is 17.0 Å². The first kappa shape index (κ1) is 26.0. The fourth-order valence-electron chi connectivity index (χ4n) is 4.48. The Morgan fingerprint density at radius 1 is 1.25 bits per heavy atom. The molecule has 2 aliphatic rings. The standard InChI is InChI=1S/C21H21N3O3S2.C2HF3O2/c1-13-18(28-12-23-13)10-24-9-17-16-8-14(15-4-3-7-22-21(15)27-2)5-6-19(16)29(25,26)20(17)11-24;3-2(4,5)1(6)7/h3-8,12,17,20H,9-11H2,1-2H3;(H,6,7). The van der Waals surface area contributed by atoms with Crippen molar-refractivity contribution in [3.05, 3.63) is 58.2 Å². The van der Waals surface area contributed by atoms with E-state index in [9.17, 15) is 21.6 Å². The number of benzene rings is 1. The summed E-state index contributed by atoms with van der Waals surface area (Å²) in [6.07, 6.45) is -3.40. The number of rotatable bonds is 4. The van der Waals surface area contributed by atoms with Crippen LogP contribution >= 0.6 is 11.3 Å². The molecule has 0 saturated carbocycles. The zero-order chi connectivity index (χ0) is 26.3. The van der Waals surface area contributed by atoms with Crippen molar-refractivity contribution < 1.29 is 36.2 Å². The lowest BCUT2D eigenvalue weighted by molar-refractivity contribution is -0.192. The quantitative estimate of drug-likeness (QED) is 0.530. The van der Waals surface area contributed by atoms with Crippen LogP contribution in [0.1, 0.15) is 22.1 Å². The van der Waals surface area contributed by atoms with Gasteiger partial charge in [0.2, 0.25) is 5.88 Å². The van der Waals surface area contributed by atoms with Gasteiger partial charge in [-0.25, -0.2) is 23.2 Å². The lowest BCUT2D eigenvalue weighted by atomic mass is 9.95. The number of thiazole rings is 1. The first-order valence-corrected chi connectivity index (χ1v) is 13.1. The third-order valence-electron chi connectivity index (χ3n) is 6.19. The second-order valence-electron chi connectivity index (χ2n) is 8.36. The van der Waals surface area contributed by atoms with Gasteiger partial charge in [-0.1, -0.05) is 6.07 Å². The van der Waals surface area contributed by atoms with Crippen LogP contribution in [0.2, 0.25) is 0 Å². The smallest absolute Gasteiger partial charge is 0.481 e. The third kappa shape index (κ3) is 4.95. The molecule has 3 aromatic rings. The van der Waals surface area contributed by atoms with Gasteiger partial charge in [0.15, 0.2) is 9.84 Å². The molecule has 0 amide bonds. The molecule has 0 radical (unpaired) electrons. The number of carbonyl (C=O) groups is 1. The number of fused-ring (bicyclic) bond motifs is 3. The number of carboxylic acid groups (broad SMARTS) is 1. The number of alkyl halides is 3. The van der Waals surface area contributed by atoms with Gasteiger partial charge in [-0.3, -0.25) is 4.90 Å². The maximum atomic E-state index is 13.2. The third-order valence-corrected chi connectivity index (χ3v) is 9.37. The highest BCUT2D eigenvalue weighted by atomic mass is 32.2. The molecule has 1 aromatic carbocycles. The van der Waals surface area contributed by atoms with E-state index >= 15 is 0 Å². The summed E-state index contributed by atoms with van der Waals surface area (Å²) >= 11 is 1.63. The van der Waals surface area contributed by atoms with Gasteiger partial charge in [-0.15, -0.1) is 11.3 Å². The number of hydrogen-bond acceptors (Lipinski definition) is 8. The van der Waals surface area contributed by atoms with Crippen molar-refractivity contribution in [2.24, 2.45) is 0 Å². The zero-order valence-corrected chi connectivity index (χ0v) is 20.8. The molecule has 0 bridgehead atoms. The highest BCUT2D eigenvalue weighted by Crippen LogP contribution is 2.47. The van der Waals surface area contributed by atoms with Crippen molar-refractivity contribution in [3.63, 3.8) is 0 Å². The Bertz CT molecular complexity index is 1390. The Balaban J connectivity index is 0.000000384. The molecule has 2 aliphatic heterocycles. The van der Waals surface area contributed by atoms with Gasteiger partial charge in [0.25, 0.3) is 0 Å². The van der Waals surface area contributed by atoms with Crippen molar-refractivity contribution in [2.45, 2.75) is 35.7 Å². The molecule has 13 heteroatoms. The maximum absolute atomic E-state index is 13.2. The minimum atomic E-state index is -5.08. The molecule has 2 aromatic heterocycles. The molecule has 2 atom stereocenters. The number of hydrogen-bond donors (Lipinski definition) is 1. The van der Waals surface area contributed by atoms with E-state index in [1.807, 2.05) is 36.7 Å². The van der Waals surface area contributed by atoms with Gasteiger partial charge in [0.05, 0.1) is 28.5 Å². The molecule has 0 aliphatic carbocycles. The number of nitrogens with zero attached hydrogens (tertiary/aromatic N) is 3. The van der Waals surface area contributed by atoms with Gasteiger partial charge in [0.1, 0.15) is 0 Å². The van der Waals surface area contributed by atoms with Gasteiger partial charge in [-0.05, 0) is 42.3 Å². The second-order valence-corrected chi connectivity index (χ2v) is 11.4. The lowest BCUT2D eigenvalue weighted by Crippen LogP contribution is -2.25. The normalized spacial score (nSPS) is 20.2. The number of halogens is 3. The Morgan fingerprint density at radius 3 is 2.58 bits per heavy atom. The number of aliphatic carboxylic acids is 1. The fourth-order valence-corrected chi connectivity index (χ4v) is 7.49. The van der Waals surface area contributed by atoms with Crippen LogP contribution in [0.15, 0.2) is 46.9 Å². The summed E-state index contributed by atoms with van der Waals surface area (Å²) in [5, 5.41) is 6.75. The number of pyridine rings is 1. The Kier molecular flexibility index (Phi) is 7.08. The molecule has 1 saturated heterocycles. The van der Waals surface area contributed by atoms with E-state index in [0.717, 1.165) is 35.5 Å². The summed E-state index contributed by atoms with van der Waals surface area (Å²) in [5.41, 5.74) is 5.60. The first-order valence-electron chi connectivity index (χ1n) is 10.7. The molecule has 5 rings (SSSR count). The van der Waals surface area contributed by atoms with Gasteiger partial charge >= 0.3 is 12.1 Å². The molecular weight excluding hydrogens is 519 g/mol. The van der Waals surface area contributed by atoms with Crippen LogP contribution in [0.25, 0.3) is 11.1 Å². The highest BCUT2D eigenvalue weighted by molar-refractivity contribution is 7.92. The van der Waals surface area contributed by atoms with Crippen LogP contribution in [-0.4, -0.2) is 66.0 Å². The van der Waals surface area contributed by atoms with Crippen molar-refractivity contribution in [1.82, 2.24) is 14.9 Å². The molecule has 4 heterocycles. The molecule has 0 spiro atoms. The van der Waals surface area contributed by atoms with Crippen LogP contribution < -0.4 is 4.74 Å². The van der Waals surface area contributed by atoms with E-state index < -0.39 is 22.0 Å². The van der Waals surface area contributed by atoms with Crippen LogP contribution in [0.5, 0.6) is 5.88 Å². The van der Waals surface area contributed by atoms with Crippen LogP contribution in [-0.2, 0) is 21.2 Å². The van der Waals surface area contributed by atoms with Crippen LogP contribution in [0.3, 0.4) is 0 Å². The van der Waals surface area contributed by atoms with E-state index in [-0.39, 0.29) is 11.2 Å². The lowest BCUT2D eigenvalue weighted by Gasteiger charge is -2.17. The first-order chi connectivity index (χ1) is 16.9. The molecule has 2 unspecified atom stereocenters. The Labute approximate surface area is 209 Å². The average Bonchev–Trinajstić information content (AvgIpc) is 3.49. The minimum Gasteiger partial charge on any atom is -0.481 e. The number of methoxy groups -OCH3 is 1. The number of carboxylic acids is 1. The Hall–Kier alpha value is -3.03. The molecule has 36 heavy (non-hydrogen) atoms. The van der Waals surface area contributed by atoms with Crippen LogP contribution in [0, 0.1) is 6.92 Å². The topological polar surface area (TPSA) is 110 Å². The van der Waals surface area contributed by atoms with Crippen molar-refractivity contribution in [2.75, 3.05) is 20.2 Å². The van der Waals surface area contributed by atoms with E-state index in [0.29, 0.717) is 17.3 Å². The Morgan fingerprint density at radius 2 is 1.97 bits per heavy atom. The SMILES string of the molecule is COc1ncccc1-c1ccc2c(c1)C1CN(Cc3scnc3C)CC1S2(=O)=O.O=C(O)C(F)(F)F. The van der Waals surface area contributed by atoms with Crippen molar-refractivity contribution in [1.29, 1.82) is 0 Å². The number of sulfone groups is 1. The van der Waals surface area contributed by atoms with Crippen molar-refractivity contribution >= 4 is 27.1 Å². The number of ether oxygens (including phenoxy) is 1. The summed E-state index contributed by atoms with van der Waals surface area (Å²) < 4.78 is 63.5.